The van der Waals surface area contributed by atoms with Crippen molar-refractivity contribution in [2.24, 2.45) is 5.92 Å². The Morgan fingerprint density at radius 2 is 1.90 bits per heavy atom. The minimum Gasteiger partial charge on any atom is -0.497 e. The normalized spacial score (nSPS) is 18.0. The van der Waals surface area contributed by atoms with E-state index in [1.54, 1.807) is 43.4 Å². The molecule has 31 heavy (non-hydrogen) atoms. The maximum Gasteiger partial charge on any atom is 0.256 e. The molecule has 0 aliphatic carbocycles. The summed E-state index contributed by atoms with van der Waals surface area (Å²) in [6.07, 6.45) is 1.85. The first-order valence-electron chi connectivity index (χ1n) is 10.5. The Kier molecular flexibility index (Phi) is 7.50. The number of carbonyl (C=O) groups is 2. The number of methoxy groups -OCH3 is 2. The largest absolute Gasteiger partial charge is 0.497 e. The van der Waals surface area contributed by atoms with Gasteiger partial charge in [0.15, 0.2) is 0 Å². The van der Waals surface area contributed by atoms with Crippen LogP contribution in [0.25, 0.3) is 0 Å². The van der Waals surface area contributed by atoms with Gasteiger partial charge in [-0.05, 0) is 36.8 Å². The topological polar surface area (TPSA) is 67.9 Å². The van der Waals surface area contributed by atoms with E-state index in [4.69, 9.17) is 9.47 Å². The molecule has 0 saturated carbocycles. The maximum absolute atomic E-state index is 14.2. The number of carbonyl (C=O) groups excluding carboxylic acids is 2. The van der Waals surface area contributed by atoms with Crippen molar-refractivity contribution < 1.29 is 23.5 Å². The molecule has 7 heteroatoms. The lowest BCUT2D eigenvalue weighted by molar-refractivity contribution is -0.124. The summed E-state index contributed by atoms with van der Waals surface area (Å²) in [5, 5.41) is 2.98. The van der Waals surface area contributed by atoms with Crippen LogP contribution in [0, 0.1) is 11.7 Å². The number of rotatable bonds is 8. The molecule has 2 amide bonds. The van der Waals surface area contributed by atoms with Crippen LogP contribution >= 0.6 is 0 Å². The molecule has 0 aromatic heterocycles. The first-order chi connectivity index (χ1) is 15.0. The summed E-state index contributed by atoms with van der Waals surface area (Å²) in [6.45, 7) is 3.12. The third kappa shape index (κ3) is 4.98. The molecule has 0 spiro atoms. The monoisotopic (exact) mass is 428 g/mol. The highest BCUT2D eigenvalue weighted by atomic mass is 19.1. The molecule has 1 aliphatic rings. The minimum atomic E-state index is -0.571. The minimum absolute atomic E-state index is 0.00546. The zero-order chi connectivity index (χ0) is 22.4. The van der Waals surface area contributed by atoms with Gasteiger partial charge < -0.3 is 19.7 Å². The molecule has 2 atom stereocenters. The Hall–Kier alpha value is -3.09. The third-order valence-corrected chi connectivity index (χ3v) is 5.71. The second kappa shape index (κ2) is 10.3. The Bertz CT molecular complexity index is 934. The van der Waals surface area contributed by atoms with Gasteiger partial charge in [-0.2, -0.15) is 0 Å². The number of nitrogens with zero attached hydrogens (tertiary/aromatic N) is 1. The summed E-state index contributed by atoms with van der Waals surface area (Å²) >= 11 is 0. The molecule has 166 valence electrons. The van der Waals surface area contributed by atoms with E-state index in [1.807, 2.05) is 6.07 Å². The van der Waals surface area contributed by atoms with E-state index in [-0.39, 0.29) is 30.5 Å². The van der Waals surface area contributed by atoms with Crippen molar-refractivity contribution in [2.45, 2.75) is 25.7 Å². The molecule has 2 aromatic rings. The van der Waals surface area contributed by atoms with Gasteiger partial charge in [0.1, 0.15) is 17.3 Å². The fourth-order valence-electron chi connectivity index (χ4n) is 4.00. The standard InChI is InChI=1S/C24H29FN2O4/c1-4-5-12-26-23(28)20-15-27(24(29)17-8-6-7-9-21(17)25)14-19(20)18-13-16(30-2)10-11-22(18)31-3/h6-11,13,19-20H,4-5,12,14-15H2,1-3H3,(H,26,28)/t19-,20-/m1/s1. The van der Waals surface area contributed by atoms with Crippen LogP contribution in [0.4, 0.5) is 4.39 Å². The van der Waals surface area contributed by atoms with Gasteiger partial charge in [-0.25, -0.2) is 4.39 Å². The number of unbranched alkanes of at least 4 members (excludes halogenated alkanes) is 1. The van der Waals surface area contributed by atoms with Crippen LogP contribution in [0.15, 0.2) is 42.5 Å². The number of nitrogens with one attached hydrogen (secondary N) is 1. The number of hydrogen-bond donors (Lipinski definition) is 1. The first-order valence-corrected chi connectivity index (χ1v) is 10.5. The summed E-state index contributed by atoms with van der Waals surface area (Å²) < 4.78 is 25.1. The number of halogens is 1. The van der Waals surface area contributed by atoms with E-state index in [2.05, 4.69) is 12.2 Å². The first kappa shape index (κ1) is 22.6. The molecule has 0 bridgehead atoms. The van der Waals surface area contributed by atoms with Gasteiger partial charge in [0.2, 0.25) is 5.91 Å². The average molecular weight is 429 g/mol. The number of likely N-dealkylation sites (tertiary alicyclic amines) is 1. The predicted molar refractivity (Wildman–Crippen MR) is 116 cm³/mol. The van der Waals surface area contributed by atoms with Gasteiger partial charge in [0, 0.05) is 31.1 Å². The zero-order valence-corrected chi connectivity index (χ0v) is 18.2. The molecule has 1 N–H and O–H groups in total. The van der Waals surface area contributed by atoms with Crippen LogP contribution in [0.5, 0.6) is 11.5 Å². The van der Waals surface area contributed by atoms with Gasteiger partial charge in [0.05, 0.1) is 25.7 Å². The van der Waals surface area contributed by atoms with Crippen molar-refractivity contribution in [3.63, 3.8) is 0 Å². The molecule has 3 rings (SSSR count). The molecule has 0 radical (unpaired) electrons. The molecule has 1 heterocycles. The van der Waals surface area contributed by atoms with Gasteiger partial charge in [-0.1, -0.05) is 25.5 Å². The quantitative estimate of drug-likeness (QED) is 0.652. The van der Waals surface area contributed by atoms with Crippen LogP contribution in [-0.4, -0.2) is 50.6 Å². The van der Waals surface area contributed by atoms with Gasteiger partial charge in [-0.3, -0.25) is 9.59 Å². The van der Waals surface area contributed by atoms with E-state index >= 15 is 0 Å². The highest BCUT2D eigenvalue weighted by Crippen LogP contribution is 2.40. The molecular formula is C24H29FN2O4. The molecular weight excluding hydrogens is 399 g/mol. The van der Waals surface area contributed by atoms with Gasteiger partial charge in [-0.15, -0.1) is 0 Å². The SMILES string of the molecule is CCCCNC(=O)[C@@H]1CN(C(=O)c2ccccc2F)C[C@@H]1c1cc(OC)ccc1OC. The van der Waals surface area contributed by atoms with E-state index < -0.39 is 17.6 Å². The number of benzene rings is 2. The number of hydrogen-bond acceptors (Lipinski definition) is 4. The molecule has 1 fully saturated rings. The van der Waals surface area contributed by atoms with Crippen LogP contribution < -0.4 is 14.8 Å². The third-order valence-electron chi connectivity index (χ3n) is 5.71. The van der Waals surface area contributed by atoms with E-state index in [9.17, 15) is 14.0 Å². The highest BCUT2D eigenvalue weighted by molar-refractivity contribution is 5.95. The fraction of sp³-hybridized carbons (Fsp3) is 0.417. The lowest BCUT2D eigenvalue weighted by atomic mass is 9.87. The lowest BCUT2D eigenvalue weighted by Gasteiger charge is -2.21. The summed E-state index contributed by atoms with van der Waals surface area (Å²) in [6, 6.07) is 11.3. The Balaban J connectivity index is 1.94. The van der Waals surface area contributed by atoms with Crippen molar-refractivity contribution in [1.29, 1.82) is 0 Å². The van der Waals surface area contributed by atoms with E-state index in [1.165, 1.54) is 12.1 Å². The second-order valence-corrected chi connectivity index (χ2v) is 7.66. The molecule has 2 aromatic carbocycles. The van der Waals surface area contributed by atoms with Gasteiger partial charge >= 0.3 is 0 Å². The Morgan fingerprint density at radius 1 is 1.13 bits per heavy atom. The Morgan fingerprint density at radius 3 is 2.58 bits per heavy atom. The van der Waals surface area contributed by atoms with Crippen LogP contribution in [0.3, 0.4) is 0 Å². The second-order valence-electron chi connectivity index (χ2n) is 7.66. The van der Waals surface area contributed by atoms with Crippen molar-refractivity contribution in [3.05, 3.63) is 59.4 Å². The van der Waals surface area contributed by atoms with Crippen molar-refractivity contribution in [2.75, 3.05) is 33.9 Å². The Labute approximate surface area is 182 Å². The summed E-state index contributed by atoms with van der Waals surface area (Å²) in [5.74, 6) is -0.631. The number of ether oxygens (including phenoxy) is 2. The molecule has 0 unspecified atom stereocenters. The number of amides is 2. The summed E-state index contributed by atoms with van der Waals surface area (Å²) in [7, 11) is 3.14. The molecule has 1 saturated heterocycles. The van der Waals surface area contributed by atoms with Gasteiger partial charge in [0.25, 0.3) is 5.91 Å². The van der Waals surface area contributed by atoms with Crippen LogP contribution in [0.1, 0.15) is 41.6 Å². The molecule has 1 aliphatic heterocycles. The molecule has 6 nitrogen and oxygen atoms in total. The van der Waals surface area contributed by atoms with Crippen molar-refractivity contribution in [1.82, 2.24) is 10.2 Å². The summed E-state index contributed by atoms with van der Waals surface area (Å²) in [5.41, 5.74) is 0.798. The highest BCUT2D eigenvalue weighted by Gasteiger charge is 2.42. The lowest BCUT2D eigenvalue weighted by Crippen LogP contribution is -2.36. The average Bonchev–Trinajstić information content (AvgIpc) is 3.24. The summed E-state index contributed by atoms with van der Waals surface area (Å²) in [4.78, 5) is 27.6. The van der Waals surface area contributed by atoms with E-state index in [0.717, 1.165) is 18.4 Å². The van der Waals surface area contributed by atoms with Crippen molar-refractivity contribution >= 4 is 11.8 Å². The fourth-order valence-corrected chi connectivity index (χ4v) is 4.00. The zero-order valence-electron chi connectivity index (χ0n) is 18.2. The van der Waals surface area contributed by atoms with Crippen LogP contribution in [-0.2, 0) is 4.79 Å². The van der Waals surface area contributed by atoms with Crippen molar-refractivity contribution in [3.8, 4) is 11.5 Å². The van der Waals surface area contributed by atoms with Crippen LogP contribution in [0.2, 0.25) is 0 Å². The van der Waals surface area contributed by atoms with E-state index in [0.29, 0.717) is 18.0 Å². The maximum atomic E-state index is 14.2. The smallest absolute Gasteiger partial charge is 0.256 e. The predicted octanol–water partition coefficient (Wildman–Crippen LogP) is 3.62.